The van der Waals surface area contributed by atoms with E-state index < -0.39 is 0 Å². The van der Waals surface area contributed by atoms with Crippen LogP contribution in [0.2, 0.25) is 0 Å². The van der Waals surface area contributed by atoms with E-state index >= 15 is 0 Å². The predicted octanol–water partition coefficient (Wildman–Crippen LogP) is 0.123. The van der Waals surface area contributed by atoms with Gasteiger partial charge in [0.15, 0.2) is 0 Å². The molecule has 1 atom stereocenters. The molecule has 0 fully saturated rings. The standard InChI is InChI=1S/C9H16N4O/c1-6(2)8(3-10)13-9(14)7-4-11-12-5-7/h4-6,8H,3,10H2,1-2H3,(H,11,12)(H,13,14). The highest BCUT2D eigenvalue weighted by Crippen LogP contribution is 2.01. The summed E-state index contributed by atoms with van der Waals surface area (Å²) in [4.78, 5) is 11.6. The summed E-state index contributed by atoms with van der Waals surface area (Å²) < 4.78 is 0. The third-order valence-corrected chi connectivity index (χ3v) is 2.14. The summed E-state index contributed by atoms with van der Waals surface area (Å²) in [6.07, 6.45) is 3.05. The second-order valence-corrected chi connectivity index (χ2v) is 3.55. The minimum absolute atomic E-state index is 0.0115. The first-order valence-corrected chi connectivity index (χ1v) is 4.65. The molecule has 0 saturated heterocycles. The summed E-state index contributed by atoms with van der Waals surface area (Å²) in [7, 11) is 0. The second-order valence-electron chi connectivity index (χ2n) is 3.55. The molecule has 1 aromatic rings. The van der Waals surface area contributed by atoms with Gasteiger partial charge in [0.05, 0.1) is 11.8 Å². The van der Waals surface area contributed by atoms with Gasteiger partial charge in [-0.05, 0) is 5.92 Å². The lowest BCUT2D eigenvalue weighted by atomic mass is 10.0. The van der Waals surface area contributed by atoms with Gasteiger partial charge in [0.1, 0.15) is 0 Å². The van der Waals surface area contributed by atoms with Gasteiger partial charge in [0, 0.05) is 18.8 Å². The normalized spacial score (nSPS) is 12.9. The molecule has 1 amide bonds. The number of carbonyl (C=O) groups is 1. The first-order chi connectivity index (χ1) is 6.65. The lowest BCUT2D eigenvalue weighted by Crippen LogP contribution is -2.43. The van der Waals surface area contributed by atoms with E-state index in [1.165, 1.54) is 6.20 Å². The van der Waals surface area contributed by atoms with Crippen LogP contribution < -0.4 is 11.1 Å². The van der Waals surface area contributed by atoms with Crippen molar-refractivity contribution in [3.8, 4) is 0 Å². The number of aromatic nitrogens is 2. The third-order valence-electron chi connectivity index (χ3n) is 2.14. The molecule has 1 aromatic heterocycles. The lowest BCUT2D eigenvalue weighted by molar-refractivity contribution is 0.0928. The van der Waals surface area contributed by atoms with Crippen LogP contribution in [0.4, 0.5) is 0 Å². The highest BCUT2D eigenvalue weighted by atomic mass is 16.1. The Morgan fingerprint density at radius 3 is 2.86 bits per heavy atom. The number of hydrogen-bond acceptors (Lipinski definition) is 3. The van der Waals surface area contributed by atoms with Gasteiger partial charge in [0.25, 0.3) is 5.91 Å². The van der Waals surface area contributed by atoms with Crippen molar-refractivity contribution in [1.29, 1.82) is 0 Å². The number of aromatic amines is 1. The Labute approximate surface area is 83.1 Å². The van der Waals surface area contributed by atoms with Gasteiger partial charge in [-0.15, -0.1) is 0 Å². The van der Waals surface area contributed by atoms with E-state index in [0.29, 0.717) is 18.0 Å². The molecule has 14 heavy (non-hydrogen) atoms. The number of amides is 1. The van der Waals surface area contributed by atoms with Crippen molar-refractivity contribution in [3.63, 3.8) is 0 Å². The maximum atomic E-state index is 11.6. The summed E-state index contributed by atoms with van der Waals surface area (Å²) in [6.45, 7) is 4.49. The molecule has 5 heteroatoms. The van der Waals surface area contributed by atoms with E-state index in [1.54, 1.807) is 6.20 Å². The molecule has 1 rings (SSSR count). The fourth-order valence-corrected chi connectivity index (χ4v) is 1.12. The molecule has 5 nitrogen and oxygen atoms in total. The summed E-state index contributed by atoms with van der Waals surface area (Å²) >= 11 is 0. The van der Waals surface area contributed by atoms with Crippen LogP contribution in [0.3, 0.4) is 0 Å². The summed E-state index contributed by atoms with van der Waals surface area (Å²) in [5, 5.41) is 9.14. The molecule has 0 saturated carbocycles. The Balaban J connectivity index is 2.56. The zero-order chi connectivity index (χ0) is 10.6. The van der Waals surface area contributed by atoms with Gasteiger partial charge in [-0.3, -0.25) is 9.89 Å². The van der Waals surface area contributed by atoms with Gasteiger partial charge in [0.2, 0.25) is 0 Å². The highest BCUT2D eigenvalue weighted by molar-refractivity contribution is 5.93. The third kappa shape index (κ3) is 2.56. The summed E-state index contributed by atoms with van der Waals surface area (Å²) in [5.74, 6) is 0.193. The van der Waals surface area contributed by atoms with E-state index in [0.717, 1.165) is 0 Å². The maximum absolute atomic E-state index is 11.6. The van der Waals surface area contributed by atoms with Crippen LogP contribution in [-0.4, -0.2) is 28.7 Å². The second kappa shape index (κ2) is 4.76. The molecule has 0 aliphatic heterocycles. The zero-order valence-corrected chi connectivity index (χ0v) is 8.45. The molecule has 4 N–H and O–H groups in total. The average Bonchev–Trinajstić information content (AvgIpc) is 2.65. The Kier molecular flexibility index (Phi) is 3.64. The Morgan fingerprint density at radius 2 is 2.43 bits per heavy atom. The Morgan fingerprint density at radius 1 is 1.71 bits per heavy atom. The van der Waals surface area contributed by atoms with Gasteiger partial charge in [-0.1, -0.05) is 13.8 Å². The number of H-pyrrole nitrogens is 1. The van der Waals surface area contributed by atoms with E-state index in [9.17, 15) is 4.79 Å². The minimum atomic E-state index is -0.136. The first kappa shape index (κ1) is 10.7. The van der Waals surface area contributed by atoms with Crippen molar-refractivity contribution < 1.29 is 4.79 Å². The smallest absolute Gasteiger partial charge is 0.254 e. The molecular formula is C9H16N4O. The zero-order valence-electron chi connectivity index (χ0n) is 8.45. The van der Waals surface area contributed by atoms with E-state index in [4.69, 9.17) is 5.73 Å². The van der Waals surface area contributed by atoms with Gasteiger partial charge in [-0.2, -0.15) is 5.10 Å². The Hall–Kier alpha value is -1.36. The van der Waals surface area contributed by atoms with Crippen LogP contribution in [0.15, 0.2) is 12.4 Å². The molecule has 78 valence electrons. The fraction of sp³-hybridized carbons (Fsp3) is 0.556. The molecule has 0 bridgehead atoms. The van der Waals surface area contributed by atoms with Crippen LogP contribution >= 0.6 is 0 Å². The number of carbonyl (C=O) groups excluding carboxylic acids is 1. The quantitative estimate of drug-likeness (QED) is 0.639. The predicted molar refractivity (Wildman–Crippen MR) is 53.7 cm³/mol. The topological polar surface area (TPSA) is 83.8 Å². The molecule has 0 aromatic carbocycles. The molecule has 0 aliphatic carbocycles. The molecule has 1 heterocycles. The minimum Gasteiger partial charge on any atom is -0.348 e. The fourth-order valence-electron chi connectivity index (χ4n) is 1.12. The van der Waals surface area contributed by atoms with Gasteiger partial charge >= 0.3 is 0 Å². The van der Waals surface area contributed by atoms with E-state index in [1.807, 2.05) is 13.8 Å². The molecule has 0 radical (unpaired) electrons. The van der Waals surface area contributed by atoms with Crippen molar-refractivity contribution in [1.82, 2.24) is 15.5 Å². The van der Waals surface area contributed by atoms with E-state index in [-0.39, 0.29) is 11.9 Å². The van der Waals surface area contributed by atoms with Crippen molar-refractivity contribution >= 4 is 5.91 Å². The summed E-state index contributed by atoms with van der Waals surface area (Å²) in [5.41, 5.74) is 6.07. The monoisotopic (exact) mass is 196 g/mol. The van der Waals surface area contributed by atoms with Crippen molar-refractivity contribution in [2.45, 2.75) is 19.9 Å². The van der Waals surface area contributed by atoms with E-state index in [2.05, 4.69) is 15.5 Å². The van der Waals surface area contributed by atoms with Crippen LogP contribution in [0.25, 0.3) is 0 Å². The average molecular weight is 196 g/mol. The summed E-state index contributed by atoms with van der Waals surface area (Å²) in [6, 6.07) is 0.0115. The first-order valence-electron chi connectivity index (χ1n) is 4.65. The Bertz CT molecular complexity index is 281. The van der Waals surface area contributed by atoms with Gasteiger partial charge < -0.3 is 11.1 Å². The van der Waals surface area contributed by atoms with Crippen LogP contribution in [0.1, 0.15) is 24.2 Å². The van der Waals surface area contributed by atoms with Crippen molar-refractivity contribution in [2.75, 3.05) is 6.54 Å². The maximum Gasteiger partial charge on any atom is 0.254 e. The number of nitrogens with one attached hydrogen (secondary N) is 2. The van der Waals surface area contributed by atoms with Crippen LogP contribution in [-0.2, 0) is 0 Å². The van der Waals surface area contributed by atoms with Crippen LogP contribution in [0, 0.1) is 5.92 Å². The lowest BCUT2D eigenvalue weighted by Gasteiger charge is -2.19. The molecule has 1 unspecified atom stereocenters. The SMILES string of the molecule is CC(C)C(CN)NC(=O)c1cn[nH]c1. The van der Waals surface area contributed by atoms with Crippen molar-refractivity contribution in [3.05, 3.63) is 18.0 Å². The highest BCUT2D eigenvalue weighted by Gasteiger charge is 2.15. The number of nitrogens with two attached hydrogens (primary N) is 1. The van der Waals surface area contributed by atoms with Crippen molar-refractivity contribution in [2.24, 2.45) is 11.7 Å². The number of rotatable bonds is 4. The molecular weight excluding hydrogens is 180 g/mol. The molecule has 0 aliphatic rings. The number of hydrogen-bond donors (Lipinski definition) is 3. The van der Waals surface area contributed by atoms with Crippen LogP contribution in [0.5, 0.6) is 0 Å². The van der Waals surface area contributed by atoms with Gasteiger partial charge in [-0.25, -0.2) is 0 Å². The number of nitrogens with zero attached hydrogens (tertiary/aromatic N) is 1. The largest absolute Gasteiger partial charge is 0.348 e. The molecule has 0 spiro atoms.